The van der Waals surface area contributed by atoms with Crippen LogP contribution in [0.2, 0.25) is 0 Å². The average Bonchev–Trinajstić information content (AvgIpc) is 2.47. The van der Waals surface area contributed by atoms with Gasteiger partial charge in [-0.3, -0.25) is 0 Å². The highest BCUT2D eigenvalue weighted by Gasteiger charge is 2.32. The maximum absolute atomic E-state index is 12.4. The lowest BCUT2D eigenvalue weighted by molar-refractivity contribution is -0.274. The number of carbonyl (C=O) groups excluding carboxylic acids is 2. The summed E-state index contributed by atoms with van der Waals surface area (Å²) >= 11 is 0. The Morgan fingerprint density at radius 3 is 2.35 bits per heavy atom. The van der Waals surface area contributed by atoms with Crippen LogP contribution in [-0.4, -0.2) is 32.5 Å². The number of anilines is 1. The molecule has 0 atom stereocenters. The average molecular weight is 333 g/mol. The number of esters is 2. The van der Waals surface area contributed by atoms with Gasteiger partial charge in [0.25, 0.3) is 0 Å². The molecule has 0 aromatic heterocycles. The van der Waals surface area contributed by atoms with E-state index in [1.807, 2.05) is 0 Å². The van der Waals surface area contributed by atoms with Gasteiger partial charge in [0.2, 0.25) is 0 Å². The molecule has 126 valence electrons. The number of hydrogen-bond donors (Lipinski definition) is 1. The number of alkyl halides is 3. The van der Waals surface area contributed by atoms with Crippen LogP contribution >= 0.6 is 0 Å². The van der Waals surface area contributed by atoms with Crippen molar-refractivity contribution in [2.45, 2.75) is 13.3 Å². The number of halogens is 3. The van der Waals surface area contributed by atoms with E-state index in [2.05, 4.69) is 19.5 Å². The number of benzene rings is 1. The SMILES string of the molecule is COC(=O)/C=C(/Nc1cc(C)ccc1OC(F)(F)F)C(=O)OC. The summed E-state index contributed by atoms with van der Waals surface area (Å²) in [6, 6.07) is 3.79. The Hall–Kier alpha value is -2.71. The van der Waals surface area contributed by atoms with Crippen LogP contribution in [0.1, 0.15) is 5.56 Å². The first-order valence-corrected chi connectivity index (χ1v) is 6.17. The molecule has 0 saturated heterocycles. The summed E-state index contributed by atoms with van der Waals surface area (Å²) < 4.78 is 50.0. The van der Waals surface area contributed by atoms with Crippen LogP contribution in [0, 0.1) is 6.92 Å². The van der Waals surface area contributed by atoms with Gasteiger partial charge in [0, 0.05) is 0 Å². The summed E-state index contributed by atoms with van der Waals surface area (Å²) in [5.74, 6) is -2.42. The minimum Gasteiger partial charge on any atom is -0.466 e. The third-order valence-corrected chi connectivity index (χ3v) is 2.50. The summed E-state index contributed by atoms with van der Waals surface area (Å²) in [5.41, 5.74) is 0.0316. The molecule has 1 aromatic carbocycles. The molecule has 0 spiro atoms. The largest absolute Gasteiger partial charge is 0.573 e. The van der Waals surface area contributed by atoms with Crippen molar-refractivity contribution in [3.05, 3.63) is 35.5 Å². The lowest BCUT2D eigenvalue weighted by atomic mass is 10.2. The van der Waals surface area contributed by atoms with Crippen molar-refractivity contribution in [1.82, 2.24) is 0 Å². The third-order valence-electron chi connectivity index (χ3n) is 2.50. The molecular formula is C14H14F3NO5. The van der Waals surface area contributed by atoms with Gasteiger partial charge in [-0.2, -0.15) is 0 Å². The van der Waals surface area contributed by atoms with Crippen LogP contribution in [0.5, 0.6) is 5.75 Å². The van der Waals surface area contributed by atoms with Crippen molar-refractivity contribution in [1.29, 1.82) is 0 Å². The quantitative estimate of drug-likeness (QED) is 0.659. The number of nitrogens with one attached hydrogen (secondary N) is 1. The van der Waals surface area contributed by atoms with E-state index < -0.39 is 29.7 Å². The summed E-state index contributed by atoms with van der Waals surface area (Å²) in [6.07, 6.45) is -4.16. The molecule has 1 aromatic rings. The molecule has 1 rings (SSSR count). The number of carbonyl (C=O) groups is 2. The summed E-state index contributed by atoms with van der Waals surface area (Å²) in [7, 11) is 2.14. The fourth-order valence-corrected chi connectivity index (χ4v) is 1.53. The lowest BCUT2D eigenvalue weighted by Gasteiger charge is -2.16. The van der Waals surface area contributed by atoms with Gasteiger partial charge in [0.15, 0.2) is 5.75 Å². The second kappa shape index (κ2) is 7.52. The Balaban J connectivity index is 3.22. The molecule has 0 aliphatic heterocycles. The lowest BCUT2D eigenvalue weighted by Crippen LogP contribution is -2.20. The van der Waals surface area contributed by atoms with E-state index in [-0.39, 0.29) is 5.69 Å². The molecular weight excluding hydrogens is 319 g/mol. The first kappa shape index (κ1) is 18.3. The Labute approximate surface area is 129 Å². The van der Waals surface area contributed by atoms with Gasteiger partial charge in [-0.05, 0) is 24.6 Å². The second-order valence-electron chi connectivity index (χ2n) is 4.25. The summed E-state index contributed by atoms with van der Waals surface area (Å²) in [6.45, 7) is 1.63. The smallest absolute Gasteiger partial charge is 0.466 e. The molecule has 0 saturated carbocycles. The van der Waals surface area contributed by atoms with E-state index in [4.69, 9.17) is 0 Å². The zero-order valence-corrected chi connectivity index (χ0v) is 12.5. The first-order valence-electron chi connectivity index (χ1n) is 6.17. The molecule has 6 nitrogen and oxygen atoms in total. The van der Waals surface area contributed by atoms with Gasteiger partial charge in [-0.15, -0.1) is 13.2 Å². The standard InChI is InChI=1S/C14H14F3NO5/c1-8-4-5-11(23-14(15,16)17)9(6-8)18-10(13(20)22-3)7-12(19)21-2/h4-7,18H,1-3H3/b10-7+. The van der Waals surface area contributed by atoms with Crippen LogP contribution in [0.15, 0.2) is 30.0 Å². The van der Waals surface area contributed by atoms with Gasteiger partial charge in [0.1, 0.15) is 5.70 Å². The Kier molecular flexibility index (Phi) is 6.00. The molecule has 0 unspecified atom stereocenters. The van der Waals surface area contributed by atoms with Crippen molar-refractivity contribution in [3.8, 4) is 5.75 Å². The fraction of sp³-hybridized carbons (Fsp3) is 0.286. The molecule has 1 N–H and O–H groups in total. The molecule has 0 radical (unpaired) electrons. The third kappa shape index (κ3) is 5.89. The fourth-order valence-electron chi connectivity index (χ4n) is 1.53. The highest BCUT2D eigenvalue weighted by Crippen LogP contribution is 2.32. The minimum atomic E-state index is -4.91. The van der Waals surface area contributed by atoms with Crippen LogP contribution in [-0.2, 0) is 19.1 Å². The molecule has 23 heavy (non-hydrogen) atoms. The van der Waals surface area contributed by atoms with Crippen LogP contribution < -0.4 is 10.1 Å². The van der Waals surface area contributed by atoms with Crippen molar-refractivity contribution in [2.75, 3.05) is 19.5 Å². The maximum Gasteiger partial charge on any atom is 0.573 e. The molecule has 0 aliphatic carbocycles. The molecule has 0 fully saturated rings. The highest BCUT2D eigenvalue weighted by atomic mass is 19.4. The van der Waals surface area contributed by atoms with Gasteiger partial charge in [-0.1, -0.05) is 6.07 Å². The molecule has 0 aliphatic rings. The molecule has 0 heterocycles. The van der Waals surface area contributed by atoms with E-state index in [0.29, 0.717) is 5.56 Å². The van der Waals surface area contributed by atoms with Gasteiger partial charge >= 0.3 is 18.3 Å². The van der Waals surface area contributed by atoms with Gasteiger partial charge in [-0.25, -0.2) is 9.59 Å². The zero-order valence-electron chi connectivity index (χ0n) is 12.5. The first-order chi connectivity index (χ1) is 10.7. The van der Waals surface area contributed by atoms with Crippen LogP contribution in [0.25, 0.3) is 0 Å². The van der Waals surface area contributed by atoms with E-state index in [0.717, 1.165) is 26.4 Å². The topological polar surface area (TPSA) is 73.9 Å². The predicted molar refractivity (Wildman–Crippen MR) is 73.6 cm³/mol. The summed E-state index contributed by atoms with van der Waals surface area (Å²) in [4.78, 5) is 22.9. The predicted octanol–water partition coefficient (Wildman–Crippen LogP) is 2.54. The van der Waals surface area contributed by atoms with Gasteiger partial charge < -0.3 is 19.5 Å². The monoisotopic (exact) mass is 333 g/mol. The number of ether oxygens (including phenoxy) is 3. The number of rotatable bonds is 5. The molecule has 9 heteroatoms. The Morgan fingerprint density at radius 1 is 1.17 bits per heavy atom. The number of hydrogen-bond acceptors (Lipinski definition) is 6. The number of methoxy groups -OCH3 is 2. The van der Waals surface area contributed by atoms with Crippen molar-refractivity contribution < 1.29 is 37.0 Å². The number of aryl methyl sites for hydroxylation is 1. The van der Waals surface area contributed by atoms with Crippen molar-refractivity contribution >= 4 is 17.6 Å². The van der Waals surface area contributed by atoms with E-state index >= 15 is 0 Å². The highest BCUT2D eigenvalue weighted by molar-refractivity contribution is 5.99. The summed E-state index contributed by atoms with van der Waals surface area (Å²) in [5, 5.41) is 2.39. The Bertz CT molecular complexity index is 625. The van der Waals surface area contributed by atoms with Gasteiger partial charge in [0.05, 0.1) is 26.0 Å². The van der Waals surface area contributed by atoms with E-state index in [1.54, 1.807) is 6.92 Å². The van der Waals surface area contributed by atoms with E-state index in [9.17, 15) is 22.8 Å². The zero-order chi connectivity index (χ0) is 17.6. The van der Waals surface area contributed by atoms with Crippen molar-refractivity contribution in [3.63, 3.8) is 0 Å². The minimum absolute atomic E-state index is 0.164. The van der Waals surface area contributed by atoms with Crippen LogP contribution in [0.3, 0.4) is 0 Å². The molecule has 0 bridgehead atoms. The van der Waals surface area contributed by atoms with Crippen molar-refractivity contribution in [2.24, 2.45) is 0 Å². The van der Waals surface area contributed by atoms with E-state index in [1.165, 1.54) is 12.1 Å². The normalized spacial score (nSPS) is 11.7. The molecule has 0 amide bonds. The van der Waals surface area contributed by atoms with Crippen LogP contribution in [0.4, 0.5) is 18.9 Å². The second-order valence-corrected chi connectivity index (χ2v) is 4.25. The Morgan fingerprint density at radius 2 is 1.83 bits per heavy atom. The maximum atomic E-state index is 12.4.